The lowest BCUT2D eigenvalue weighted by atomic mass is 10.2. The van der Waals surface area contributed by atoms with E-state index < -0.39 is 0 Å². The van der Waals surface area contributed by atoms with E-state index in [2.05, 4.69) is 9.97 Å². The number of hydrogen-bond acceptors (Lipinski definition) is 4. The van der Waals surface area contributed by atoms with E-state index in [9.17, 15) is 4.79 Å². The van der Waals surface area contributed by atoms with Gasteiger partial charge in [0.25, 0.3) is 5.91 Å². The first-order valence-corrected chi connectivity index (χ1v) is 8.38. The lowest BCUT2D eigenvalue weighted by Gasteiger charge is -2.18. The molecule has 0 radical (unpaired) electrons. The van der Waals surface area contributed by atoms with E-state index in [4.69, 9.17) is 0 Å². The van der Waals surface area contributed by atoms with E-state index in [-0.39, 0.29) is 5.91 Å². The van der Waals surface area contributed by atoms with Crippen molar-refractivity contribution in [3.05, 3.63) is 84.3 Å². The minimum atomic E-state index is -0.0506. The molecule has 0 atom stereocenters. The van der Waals surface area contributed by atoms with Gasteiger partial charge in [0.2, 0.25) is 0 Å². The third-order valence-corrected chi connectivity index (χ3v) is 4.48. The van der Waals surface area contributed by atoms with Gasteiger partial charge in [-0.3, -0.25) is 9.78 Å². The zero-order chi connectivity index (χ0) is 16.8. The van der Waals surface area contributed by atoms with E-state index in [0.717, 1.165) is 10.5 Å². The van der Waals surface area contributed by atoms with E-state index in [0.29, 0.717) is 17.1 Å². The van der Waals surface area contributed by atoms with Crippen LogP contribution in [0.3, 0.4) is 0 Å². The fourth-order valence-corrected chi connectivity index (χ4v) is 3.17. The van der Waals surface area contributed by atoms with Crippen LogP contribution in [0.25, 0.3) is 0 Å². The number of amides is 1. The van der Waals surface area contributed by atoms with Crippen LogP contribution < -0.4 is 0 Å². The van der Waals surface area contributed by atoms with E-state index in [1.807, 2.05) is 48.5 Å². The summed E-state index contributed by atoms with van der Waals surface area (Å²) < 4.78 is 0. The van der Waals surface area contributed by atoms with Gasteiger partial charge >= 0.3 is 0 Å². The first kappa shape index (κ1) is 16.2. The van der Waals surface area contributed by atoms with Crippen molar-refractivity contribution in [2.75, 3.05) is 7.05 Å². The number of aromatic nitrogens is 2. The summed E-state index contributed by atoms with van der Waals surface area (Å²) in [4.78, 5) is 24.0. The monoisotopic (exact) mass is 335 g/mol. The van der Waals surface area contributed by atoms with Gasteiger partial charge < -0.3 is 4.90 Å². The van der Waals surface area contributed by atoms with Crippen LogP contribution >= 0.6 is 11.8 Å². The molecule has 0 saturated heterocycles. The molecule has 0 N–H and O–H groups in total. The average molecular weight is 335 g/mol. The molecule has 0 aliphatic carbocycles. The highest BCUT2D eigenvalue weighted by Crippen LogP contribution is 2.29. The molecular weight excluding hydrogens is 318 g/mol. The first-order valence-electron chi connectivity index (χ1n) is 7.56. The maximum absolute atomic E-state index is 12.8. The predicted molar refractivity (Wildman–Crippen MR) is 94.8 cm³/mol. The van der Waals surface area contributed by atoms with E-state index in [1.165, 1.54) is 11.8 Å². The topological polar surface area (TPSA) is 46.1 Å². The number of rotatable bonds is 5. The second kappa shape index (κ2) is 7.75. The summed E-state index contributed by atoms with van der Waals surface area (Å²) >= 11 is 1.50. The molecule has 5 heteroatoms. The van der Waals surface area contributed by atoms with Crippen LogP contribution in [0.2, 0.25) is 0 Å². The molecule has 0 saturated carbocycles. The Balaban J connectivity index is 1.79. The number of hydrogen-bond donors (Lipinski definition) is 0. The number of benzene rings is 1. The van der Waals surface area contributed by atoms with Crippen molar-refractivity contribution in [3.8, 4) is 0 Å². The summed E-state index contributed by atoms with van der Waals surface area (Å²) in [6.07, 6.45) is 5.21. The molecule has 120 valence electrons. The molecule has 3 rings (SSSR count). The van der Waals surface area contributed by atoms with Crippen LogP contribution in [0.5, 0.6) is 0 Å². The van der Waals surface area contributed by atoms with E-state index in [1.54, 1.807) is 36.6 Å². The third-order valence-electron chi connectivity index (χ3n) is 3.45. The molecule has 1 amide bonds. The van der Waals surface area contributed by atoms with Crippen LogP contribution in [0.15, 0.2) is 83.1 Å². The number of nitrogens with zero attached hydrogens (tertiary/aromatic N) is 3. The maximum Gasteiger partial charge on any atom is 0.256 e. The predicted octanol–water partition coefficient (Wildman–Crippen LogP) is 3.90. The second-order valence-corrected chi connectivity index (χ2v) is 6.36. The third kappa shape index (κ3) is 4.00. The van der Waals surface area contributed by atoms with Gasteiger partial charge in [-0.15, -0.1) is 0 Å². The lowest BCUT2D eigenvalue weighted by molar-refractivity contribution is 0.0780. The Kier molecular flexibility index (Phi) is 5.23. The Morgan fingerprint density at radius 1 is 1.04 bits per heavy atom. The molecule has 24 heavy (non-hydrogen) atoms. The van der Waals surface area contributed by atoms with Crippen molar-refractivity contribution >= 4 is 17.7 Å². The van der Waals surface area contributed by atoms with Crippen LogP contribution in [-0.2, 0) is 6.54 Å². The van der Waals surface area contributed by atoms with Gasteiger partial charge in [0.1, 0.15) is 5.03 Å². The van der Waals surface area contributed by atoms with Crippen molar-refractivity contribution in [1.82, 2.24) is 14.9 Å². The Labute approximate surface area is 145 Å². The van der Waals surface area contributed by atoms with Crippen LogP contribution in [0.4, 0.5) is 0 Å². The molecular formula is C19H17N3OS. The standard InChI is InChI=1S/C19H17N3OS/c1-22(14-15-7-5-11-20-13-15)19(23)17-10-6-12-21-18(17)24-16-8-3-2-4-9-16/h2-13H,14H2,1H3. The Bertz CT molecular complexity index is 809. The SMILES string of the molecule is CN(Cc1cccnc1)C(=O)c1cccnc1Sc1ccccc1. The zero-order valence-corrected chi connectivity index (χ0v) is 14.1. The smallest absolute Gasteiger partial charge is 0.256 e. The normalized spacial score (nSPS) is 10.4. The minimum absolute atomic E-state index is 0.0506. The van der Waals surface area contributed by atoms with Gasteiger partial charge in [0.15, 0.2) is 0 Å². The van der Waals surface area contributed by atoms with Crippen molar-refractivity contribution in [3.63, 3.8) is 0 Å². The Hall–Kier alpha value is -2.66. The number of carbonyl (C=O) groups is 1. The van der Waals surface area contributed by atoms with Gasteiger partial charge in [-0.25, -0.2) is 4.98 Å². The highest BCUT2D eigenvalue weighted by atomic mass is 32.2. The lowest BCUT2D eigenvalue weighted by Crippen LogP contribution is -2.26. The fraction of sp³-hybridized carbons (Fsp3) is 0.105. The van der Waals surface area contributed by atoms with Gasteiger partial charge in [-0.2, -0.15) is 0 Å². The molecule has 0 aliphatic rings. The van der Waals surface area contributed by atoms with Crippen molar-refractivity contribution < 1.29 is 4.79 Å². The fourth-order valence-electron chi connectivity index (χ4n) is 2.28. The van der Waals surface area contributed by atoms with Gasteiger partial charge in [-0.05, 0) is 35.9 Å². The number of carbonyl (C=O) groups excluding carboxylic acids is 1. The van der Waals surface area contributed by atoms with Crippen molar-refractivity contribution in [1.29, 1.82) is 0 Å². The molecule has 0 fully saturated rings. The van der Waals surface area contributed by atoms with Crippen LogP contribution in [0, 0.1) is 0 Å². The molecule has 3 aromatic rings. The highest BCUT2D eigenvalue weighted by molar-refractivity contribution is 7.99. The molecule has 0 aliphatic heterocycles. The molecule has 2 aromatic heterocycles. The quantitative estimate of drug-likeness (QED) is 0.709. The van der Waals surface area contributed by atoms with Gasteiger partial charge in [-0.1, -0.05) is 36.0 Å². The molecule has 2 heterocycles. The molecule has 0 spiro atoms. The number of pyridine rings is 2. The zero-order valence-electron chi connectivity index (χ0n) is 13.3. The largest absolute Gasteiger partial charge is 0.337 e. The van der Waals surface area contributed by atoms with Crippen LogP contribution in [0.1, 0.15) is 15.9 Å². The maximum atomic E-state index is 12.8. The molecule has 4 nitrogen and oxygen atoms in total. The summed E-state index contributed by atoms with van der Waals surface area (Å²) in [5, 5.41) is 0.715. The van der Waals surface area contributed by atoms with Gasteiger partial charge in [0, 0.05) is 37.1 Å². The highest BCUT2D eigenvalue weighted by Gasteiger charge is 2.17. The summed E-state index contributed by atoms with van der Waals surface area (Å²) in [5.74, 6) is -0.0506. The van der Waals surface area contributed by atoms with Crippen molar-refractivity contribution in [2.45, 2.75) is 16.5 Å². The summed E-state index contributed by atoms with van der Waals surface area (Å²) in [6, 6.07) is 17.4. The summed E-state index contributed by atoms with van der Waals surface area (Å²) in [6.45, 7) is 0.511. The minimum Gasteiger partial charge on any atom is -0.337 e. The molecule has 0 bridgehead atoms. The summed E-state index contributed by atoms with van der Waals surface area (Å²) in [7, 11) is 1.79. The average Bonchev–Trinajstić information content (AvgIpc) is 2.63. The Morgan fingerprint density at radius 2 is 1.83 bits per heavy atom. The van der Waals surface area contributed by atoms with Crippen LogP contribution in [-0.4, -0.2) is 27.8 Å². The Morgan fingerprint density at radius 3 is 2.58 bits per heavy atom. The molecule has 0 unspecified atom stereocenters. The summed E-state index contributed by atoms with van der Waals surface area (Å²) in [5.41, 5.74) is 1.60. The van der Waals surface area contributed by atoms with Gasteiger partial charge in [0.05, 0.1) is 5.56 Å². The van der Waals surface area contributed by atoms with Crippen molar-refractivity contribution in [2.24, 2.45) is 0 Å². The second-order valence-electron chi connectivity index (χ2n) is 5.29. The van der Waals surface area contributed by atoms with E-state index >= 15 is 0 Å². The first-order chi connectivity index (χ1) is 11.7. The molecule has 1 aromatic carbocycles.